The van der Waals surface area contributed by atoms with Crippen LogP contribution in [0.1, 0.15) is 48.4 Å². The number of hydrogen-bond acceptors (Lipinski definition) is 4. The van der Waals surface area contributed by atoms with E-state index in [9.17, 15) is 4.79 Å². The Labute approximate surface area is 215 Å². The number of amides is 1. The first-order valence-corrected chi connectivity index (χ1v) is 13.2. The van der Waals surface area contributed by atoms with Crippen molar-refractivity contribution in [3.63, 3.8) is 0 Å². The average Bonchev–Trinajstić information content (AvgIpc) is 2.94. The van der Waals surface area contributed by atoms with Crippen LogP contribution in [-0.4, -0.2) is 60.0 Å². The Morgan fingerprint density at radius 2 is 1.50 bits per heavy atom. The standard InChI is InChI=1S/C31H38N4O/c36-30(18-17-27-12-11-19-32-26-27)33-20-9-1-2-10-21-34-22-24-35(25-23-34)31(28-13-5-3-6-14-28)29-15-7-4-8-16-29/h3-8,11-19,26,31H,1-2,9-10,20-25H2,(H,33,36)/b18-17-. The van der Waals surface area contributed by atoms with Gasteiger partial charge in [0.2, 0.25) is 5.91 Å². The highest BCUT2D eigenvalue weighted by Crippen LogP contribution is 2.29. The maximum Gasteiger partial charge on any atom is 0.243 e. The van der Waals surface area contributed by atoms with Gasteiger partial charge in [-0.25, -0.2) is 0 Å². The number of nitrogens with one attached hydrogen (secondary N) is 1. The Bertz CT molecular complexity index is 1010. The van der Waals surface area contributed by atoms with E-state index >= 15 is 0 Å². The molecule has 0 saturated carbocycles. The van der Waals surface area contributed by atoms with Crippen molar-refractivity contribution in [1.82, 2.24) is 20.1 Å². The zero-order valence-corrected chi connectivity index (χ0v) is 21.1. The fourth-order valence-electron chi connectivity index (χ4n) is 4.86. The van der Waals surface area contributed by atoms with Crippen LogP contribution in [-0.2, 0) is 4.79 Å². The number of aromatic nitrogens is 1. The molecule has 1 saturated heterocycles. The van der Waals surface area contributed by atoms with Gasteiger partial charge < -0.3 is 10.2 Å². The molecule has 188 valence electrons. The lowest BCUT2D eigenvalue weighted by Crippen LogP contribution is -2.48. The lowest BCUT2D eigenvalue weighted by Gasteiger charge is -2.39. The first-order chi connectivity index (χ1) is 17.8. The smallest absolute Gasteiger partial charge is 0.243 e. The summed E-state index contributed by atoms with van der Waals surface area (Å²) in [4.78, 5) is 21.2. The van der Waals surface area contributed by atoms with E-state index in [1.165, 1.54) is 24.0 Å². The third-order valence-corrected chi connectivity index (χ3v) is 6.81. The largest absolute Gasteiger partial charge is 0.353 e. The van der Waals surface area contributed by atoms with E-state index in [0.717, 1.165) is 57.7 Å². The van der Waals surface area contributed by atoms with Crippen LogP contribution in [0.2, 0.25) is 0 Å². The molecule has 2 heterocycles. The molecule has 3 aromatic rings. The molecule has 0 atom stereocenters. The lowest BCUT2D eigenvalue weighted by atomic mass is 9.96. The molecule has 0 unspecified atom stereocenters. The van der Waals surface area contributed by atoms with Crippen LogP contribution >= 0.6 is 0 Å². The molecule has 4 rings (SSSR count). The Morgan fingerprint density at radius 3 is 2.14 bits per heavy atom. The molecule has 1 aliphatic rings. The molecular formula is C31H38N4O. The molecule has 5 nitrogen and oxygen atoms in total. The summed E-state index contributed by atoms with van der Waals surface area (Å²) < 4.78 is 0. The SMILES string of the molecule is O=C(/C=C\c1cccnc1)NCCCCCCN1CCN(C(c2ccccc2)c2ccccc2)CC1. The van der Waals surface area contributed by atoms with Crippen LogP contribution in [0, 0.1) is 0 Å². The van der Waals surface area contributed by atoms with Gasteiger partial charge in [0.25, 0.3) is 0 Å². The quantitative estimate of drug-likeness (QED) is 0.286. The van der Waals surface area contributed by atoms with Crippen LogP contribution in [0.3, 0.4) is 0 Å². The normalized spacial score (nSPS) is 14.9. The minimum atomic E-state index is -0.0407. The fraction of sp³-hybridized carbons (Fsp3) is 0.355. The molecule has 0 aliphatic carbocycles. The molecule has 1 aliphatic heterocycles. The van der Waals surface area contributed by atoms with Crippen molar-refractivity contribution in [1.29, 1.82) is 0 Å². The molecule has 2 aromatic carbocycles. The van der Waals surface area contributed by atoms with Crippen molar-refractivity contribution in [2.24, 2.45) is 0 Å². The van der Waals surface area contributed by atoms with Gasteiger partial charge in [0.15, 0.2) is 0 Å². The predicted octanol–water partition coefficient (Wildman–Crippen LogP) is 5.18. The van der Waals surface area contributed by atoms with E-state index in [2.05, 4.69) is 80.8 Å². The van der Waals surface area contributed by atoms with E-state index in [1.807, 2.05) is 12.1 Å². The molecule has 0 radical (unpaired) electrons. The van der Waals surface area contributed by atoms with Gasteiger partial charge in [-0.05, 0) is 48.2 Å². The lowest BCUT2D eigenvalue weighted by molar-refractivity contribution is -0.116. The Kier molecular flexibility index (Phi) is 10.3. The molecule has 0 bridgehead atoms. The number of carbonyl (C=O) groups excluding carboxylic acids is 1. The maximum absolute atomic E-state index is 11.9. The molecule has 1 N–H and O–H groups in total. The van der Waals surface area contributed by atoms with Gasteiger partial charge in [0.1, 0.15) is 0 Å². The average molecular weight is 483 g/mol. The summed E-state index contributed by atoms with van der Waals surface area (Å²) in [6.45, 7) is 6.32. The summed E-state index contributed by atoms with van der Waals surface area (Å²) in [5, 5.41) is 2.97. The van der Waals surface area contributed by atoms with E-state index in [-0.39, 0.29) is 5.91 Å². The van der Waals surface area contributed by atoms with Gasteiger partial charge in [-0.2, -0.15) is 0 Å². The minimum Gasteiger partial charge on any atom is -0.353 e. The molecule has 1 aromatic heterocycles. The van der Waals surface area contributed by atoms with Crippen LogP contribution in [0.5, 0.6) is 0 Å². The number of carbonyl (C=O) groups is 1. The van der Waals surface area contributed by atoms with Crippen molar-refractivity contribution in [3.8, 4) is 0 Å². The highest BCUT2D eigenvalue weighted by atomic mass is 16.1. The third-order valence-electron chi connectivity index (χ3n) is 6.81. The molecule has 0 spiro atoms. The Morgan fingerprint density at radius 1 is 0.833 bits per heavy atom. The summed E-state index contributed by atoms with van der Waals surface area (Å²) >= 11 is 0. The van der Waals surface area contributed by atoms with Crippen LogP contribution in [0.25, 0.3) is 6.08 Å². The molecular weight excluding hydrogens is 444 g/mol. The number of nitrogens with zero attached hydrogens (tertiary/aromatic N) is 3. The summed E-state index contributed by atoms with van der Waals surface area (Å²) in [5.74, 6) is -0.0407. The van der Waals surface area contributed by atoms with Crippen LogP contribution < -0.4 is 5.32 Å². The zero-order chi connectivity index (χ0) is 24.8. The zero-order valence-electron chi connectivity index (χ0n) is 21.1. The summed E-state index contributed by atoms with van der Waals surface area (Å²) in [6.07, 6.45) is 11.4. The summed E-state index contributed by atoms with van der Waals surface area (Å²) in [6, 6.07) is 25.9. The van der Waals surface area contributed by atoms with Crippen molar-refractivity contribution in [3.05, 3.63) is 108 Å². The first-order valence-electron chi connectivity index (χ1n) is 13.2. The van der Waals surface area contributed by atoms with Gasteiger partial charge >= 0.3 is 0 Å². The van der Waals surface area contributed by atoms with Crippen molar-refractivity contribution in [2.45, 2.75) is 31.7 Å². The Balaban J connectivity index is 1.11. The molecule has 5 heteroatoms. The number of pyridine rings is 1. The van der Waals surface area contributed by atoms with Crippen molar-refractivity contribution in [2.75, 3.05) is 39.3 Å². The number of hydrogen-bond donors (Lipinski definition) is 1. The second-order valence-corrected chi connectivity index (χ2v) is 9.43. The monoisotopic (exact) mass is 482 g/mol. The Hall–Kier alpha value is -3.28. The van der Waals surface area contributed by atoms with Gasteiger partial charge in [-0.1, -0.05) is 79.6 Å². The predicted molar refractivity (Wildman–Crippen MR) is 147 cm³/mol. The van der Waals surface area contributed by atoms with Crippen LogP contribution in [0.15, 0.2) is 91.3 Å². The third kappa shape index (κ3) is 8.14. The maximum atomic E-state index is 11.9. The van der Waals surface area contributed by atoms with Gasteiger partial charge in [-0.3, -0.25) is 14.7 Å². The summed E-state index contributed by atoms with van der Waals surface area (Å²) in [7, 11) is 0. The number of benzene rings is 2. The van der Waals surface area contributed by atoms with Crippen molar-refractivity contribution < 1.29 is 4.79 Å². The topological polar surface area (TPSA) is 48.5 Å². The second-order valence-electron chi connectivity index (χ2n) is 9.43. The van der Waals surface area contributed by atoms with Gasteiger partial charge in [0, 0.05) is 51.2 Å². The van der Waals surface area contributed by atoms with E-state index in [1.54, 1.807) is 24.5 Å². The van der Waals surface area contributed by atoms with E-state index < -0.39 is 0 Å². The number of unbranched alkanes of at least 4 members (excludes halogenated alkanes) is 3. The molecule has 1 fully saturated rings. The molecule has 1 amide bonds. The first kappa shape index (κ1) is 25.8. The van der Waals surface area contributed by atoms with Crippen molar-refractivity contribution >= 4 is 12.0 Å². The van der Waals surface area contributed by atoms with Gasteiger partial charge in [0.05, 0.1) is 6.04 Å². The minimum absolute atomic E-state index is 0.0407. The number of rotatable bonds is 12. The highest BCUT2D eigenvalue weighted by molar-refractivity contribution is 5.91. The van der Waals surface area contributed by atoms with Gasteiger partial charge in [-0.15, -0.1) is 0 Å². The summed E-state index contributed by atoms with van der Waals surface area (Å²) in [5.41, 5.74) is 3.68. The van der Waals surface area contributed by atoms with E-state index in [0.29, 0.717) is 6.04 Å². The fourth-order valence-corrected chi connectivity index (χ4v) is 4.86. The van der Waals surface area contributed by atoms with Crippen LogP contribution in [0.4, 0.5) is 0 Å². The van der Waals surface area contributed by atoms with E-state index in [4.69, 9.17) is 0 Å². The highest BCUT2D eigenvalue weighted by Gasteiger charge is 2.26. The molecule has 36 heavy (non-hydrogen) atoms. The second kappa shape index (κ2) is 14.3. The number of piperazine rings is 1.